The Kier molecular flexibility index (Phi) is 5.30. The molecule has 1 N–H and O–H groups in total. The van der Waals surface area contributed by atoms with Crippen molar-refractivity contribution in [2.45, 2.75) is 64.8 Å². The second-order valence-electron chi connectivity index (χ2n) is 7.99. The minimum atomic E-state index is 0.0389. The molecule has 1 fully saturated rings. The summed E-state index contributed by atoms with van der Waals surface area (Å²) in [4.78, 5) is 22.8. The third kappa shape index (κ3) is 3.93. The molecule has 0 spiro atoms. The molecule has 0 atom stereocenters. The molecule has 0 bridgehead atoms. The maximum absolute atomic E-state index is 12.7. The van der Waals surface area contributed by atoms with Crippen molar-refractivity contribution in [2.75, 3.05) is 13.3 Å². The van der Waals surface area contributed by atoms with Crippen LogP contribution in [0, 0.1) is 13.8 Å². The van der Waals surface area contributed by atoms with E-state index in [-0.39, 0.29) is 5.56 Å². The molecule has 2 aliphatic rings. The van der Waals surface area contributed by atoms with Crippen molar-refractivity contribution in [1.82, 2.24) is 14.9 Å². The van der Waals surface area contributed by atoms with Gasteiger partial charge in [-0.2, -0.15) is 0 Å². The Bertz CT molecular complexity index is 868. The number of H-pyrrole nitrogens is 1. The van der Waals surface area contributed by atoms with Gasteiger partial charge < -0.3 is 9.72 Å². The van der Waals surface area contributed by atoms with Crippen molar-refractivity contribution in [3.05, 3.63) is 56.8 Å². The average Bonchev–Trinajstić information content (AvgIpc) is 2.70. The van der Waals surface area contributed by atoms with Crippen LogP contribution in [0.1, 0.15) is 66.2 Å². The first kappa shape index (κ1) is 18.2. The number of aryl methyl sites for hydroxylation is 1. The largest absolute Gasteiger partial charge is 0.478 e. The first-order valence-corrected chi connectivity index (χ1v) is 10.1. The lowest BCUT2D eigenvalue weighted by molar-refractivity contribution is 0.112. The number of aromatic amines is 1. The molecule has 5 nitrogen and oxygen atoms in total. The van der Waals surface area contributed by atoms with Gasteiger partial charge in [-0.1, -0.05) is 31.4 Å². The molecule has 2 heterocycles. The van der Waals surface area contributed by atoms with Gasteiger partial charge in [-0.25, -0.2) is 4.98 Å². The smallest absolute Gasteiger partial charge is 0.255 e. The molecule has 1 aliphatic heterocycles. The van der Waals surface area contributed by atoms with Crippen LogP contribution in [0.25, 0.3) is 0 Å². The lowest BCUT2D eigenvalue weighted by atomic mass is 9.88. The van der Waals surface area contributed by atoms with Crippen LogP contribution < -0.4 is 10.3 Å². The molecular formula is C22H29N3O2. The van der Waals surface area contributed by atoms with Gasteiger partial charge in [0, 0.05) is 25.4 Å². The maximum Gasteiger partial charge on any atom is 0.255 e. The van der Waals surface area contributed by atoms with Gasteiger partial charge in [0.25, 0.3) is 5.56 Å². The molecule has 1 aliphatic carbocycles. The molecule has 5 heteroatoms. The van der Waals surface area contributed by atoms with Crippen molar-refractivity contribution in [2.24, 2.45) is 0 Å². The van der Waals surface area contributed by atoms with Crippen LogP contribution in [0.3, 0.4) is 0 Å². The normalized spacial score (nSPS) is 18.3. The standard InChI is InChI=1S/C22H29N3O2/c1-15-7-6-10-20(16(15)2)27-14-25-12-11-19-18(13-25)22(26)24-21(23-19)17-8-4-3-5-9-17/h6-7,10,17H,3-5,8-9,11-14H2,1-2H3,(H,23,24,26). The van der Waals surface area contributed by atoms with Gasteiger partial charge in [0.05, 0.1) is 11.3 Å². The van der Waals surface area contributed by atoms with Crippen LogP contribution in [0.2, 0.25) is 0 Å². The van der Waals surface area contributed by atoms with Crippen LogP contribution in [-0.4, -0.2) is 28.1 Å². The molecule has 1 aromatic heterocycles. The molecule has 144 valence electrons. The van der Waals surface area contributed by atoms with Gasteiger partial charge in [-0.3, -0.25) is 9.69 Å². The van der Waals surface area contributed by atoms with E-state index in [1.807, 2.05) is 12.1 Å². The molecule has 0 unspecified atom stereocenters. The van der Waals surface area contributed by atoms with E-state index in [1.165, 1.54) is 30.4 Å². The number of benzene rings is 1. The molecule has 2 aromatic rings. The van der Waals surface area contributed by atoms with Crippen molar-refractivity contribution in [1.29, 1.82) is 0 Å². The fraction of sp³-hybridized carbons (Fsp3) is 0.545. The summed E-state index contributed by atoms with van der Waals surface area (Å²) in [6.45, 7) is 6.14. The van der Waals surface area contributed by atoms with E-state index in [1.54, 1.807) is 0 Å². The highest BCUT2D eigenvalue weighted by atomic mass is 16.5. The number of nitrogens with zero attached hydrogens (tertiary/aromatic N) is 2. The van der Waals surface area contributed by atoms with Crippen LogP contribution in [0.4, 0.5) is 0 Å². The minimum absolute atomic E-state index is 0.0389. The Hall–Kier alpha value is -2.14. The Morgan fingerprint density at radius 2 is 2.04 bits per heavy atom. The van der Waals surface area contributed by atoms with E-state index in [9.17, 15) is 4.79 Å². The Balaban J connectivity index is 1.45. The van der Waals surface area contributed by atoms with Gasteiger partial charge in [0.2, 0.25) is 0 Å². The summed E-state index contributed by atoms with van der Waals surface area (Å²) in [6, 6.07) is 6.12. The average molecular weight is 367 g/mol. The fourth-order valence-electron chi connectivity index (χ4n) is 4.22. The van der Waals surface area contributed by atoms with Gasteiger partial charge in [0.15, 0.2) is 0 Å². The monoisotopic (exact) mass is 367 g/mol. The lowest BCUT2D eigenvalue weighted by Crippen LogP contribution is -2.38. The number of fused-ring (bicyclic) bond motifs is 1. The van der Waals surface area contributed by atoms with Crippen LogP contribution in [0.5, 0.6) is 5.75 Å². The van der Waals surface area contributed by atoms with E-state index < -0.39 is 0 Å². The summed E-state index contributed by atoms with van der Waals surface area (Å²) in [5.41, 5.74) is 4.24. The van der Waals surface area contributed by atoms with E-state index in [4.69, 9.17) is 9.72 Å². The summed E-state index contributed by atoms with van der Waals surface area (Å²) < 4.78 is 6.02. The van der Waals surface area contributed by atoms with Crippen LogP contribution >= 0.6 is 0 Å². The molecule has 0 radical (unpaired) electrons. The summed E-state index contributed by atoms with van der Waals surface area (Å²) in [6.07, 6.45) is 6.91. The molecule has 27 heavy (non-hydrogen) atoms. The summed E-state index contributed by atoms with van der Waals surface area (Å²) in [7, 11) is 0. The third-order valence-corrected chi connectivity index (χ3v) is 6.12. The summed E-state index contributed by atoms with van der Waals surface area (Å²) in [5.74, 6) is 2.27. The lowest BCUT2D eigenvalue weighted by Gasteiger charge is -2.29. The van der Waals surface area contributed by atoms with E-state index in [0.29, 0.717) is 19.2 Å². The Morgan fingerprint density at radius 1 is 1.22 bits per heavy atom. The predicted octanol–water partition coefficient (Wildman–Crippen LogP) is 3.83. The molecule has 1 saturated carbocycles. The summed E-state index contributed by atoms with van der Waals surface area (Å²) >= 11 is 0. The van der Waals surface area contributed by atoms with Gasteiger partial charge in [-0.15, -0.1) is 0 Å². The number of aromatic nitrogens is 2. The van der Waals surface area contributed by atoms with E-state index in [2.05, 4.69) is 29.8 Å². The van der Waals surface area contributed by atoms with Crippen molar-refractivity contribution in [3.63, 3.8) is 0 Å². The number of ether oxygens (including phenoxy) is 1. The van der Waals surface area contributed by atoms with Gasteiger partial charge in [-0.05, 0) is 43.9 Å². The highest BCUT2D eigenvalue weighted by molar-refractivity contribution is 5.38. The topological polar surface area (TPSA) is 58.2 Å². The van der Waals surface area contributed by atoms with Crippen molar-refractivity contribution >= 4 is 0 Å². The first-order chi connectivity index (χ1) is 13.1. The van der Waals surface area contributed by atoms with Crippen LogP contribution in [0.15, 0.2) is 23.0 Å². The number of nitrogens with one attached hydrogen (secondary N) is 1. The Labute approximate surface area is 160 Å². The van der Waals surface area contributed by atoms with Gasteiger partial charge in [0.1, 0.15) is 18.3 Å². The minimum Gasteiger partial charge on any atom is -0.478 e. The number of hydrogen-bond acceptors (Lipinski definition) is 4. The SMILES string of the molecule is Cc1cccc(OCN2CCc3nc(C4CCCCC4)[nH]c(=O)c3C2)c1C. The van der Waals surface area contributed by atoms with Crippen molar-refractivity contribution < 1.29 is 4.74 Å². The van der Waals surface area contributed by atoms with Crippen LogP contribution in [-0.2, 0) is 13.0 Å². The maximum atomic E-state index is 12.7. The predicted molar refractivity (Wildman–Crippen MR) is 106 cm³/mol. The zero-order valence-corrected chi connectivity index (χ0v) is 16.4. The second kappa shape index (κ2) is 7.85. The zero-order valence-electron chi connectivity index (χ0n) is 16.4. The fourth-order valence-corrected chi connectivity index (χ4v) is 4.22. The van der Waals surface area contributed by atoms with E-state index in [0.717, 1.165) is 48.6 Å². The zero-order chi connectivity index (χ0) is 18.8. The highest BCUT2D eigenvalue weighted by Crippen LogP contribution is 2.30. The Morgan fingerprint density at radius 3 is 2.85 bits per heavy atom. The quantitative estimate of drug-likeness (QED) is 0.892. The molecule has 4 rings (SSSR count). The van der Waals surface area contributed by atoms with Gasteiger partial charge >= 0.3 is 0 Å². The third-order valence-electron chi connectivity index (χ3n) is 6.12. The first-order valence-electron chi connectivity index (χ1n) is 10.1. The number of hydrogen-bond donors (Lipinski definition) is 1. The molecule has 1 aromatic carbocycles. The summed E-state index contributed by atoms with van der Waals surface area (Å²) in [5, 5.41) is 0. The molecule has 0 amide bonds. The van der Waals surface area contributed by atoms with E-state index >= 15 is 0 Å². The van der Waals surface area contributed by atoms with Crippen molar-refractivity contribution in [3.8, 4) is 5.75 Å². The number of rotatable bonds is 4. The highest BCUT2D eigenvalue weighted by Gasteiger charge is 2.24. The molecular weight excluding hydrogens is 338 g/mol. The second-order valence-corrected chi connectivity index (χ2v) is 7.99. The molecule has 0 saturated heterocycles.